The van der Waals surface area contributed by atoms with Crippen molar-refractivity contribution < 1.29 is 49.2 Å². The van der Waals surface area contributed by atoms with Crippen LogP contribution in [0, 0.1) is 0 Å². The average molecular weight is 463 g/mol. The lowest BCUT2D eigenvalue weighted by Crippen LogP contribution is -2.61. The number of carboxylic acids is 2. The van der Waals surface area contributed by atoms with Crippen molar-refractivity contribution in [1.29, 1.82) is 0 Å². The molecular weight excluding hydrogens is 434 g/mol. The summed E-state index contributed by atoms with van der Waals surface area (Å²) in [6, 6.07) is -6.42. The zero-order chi connectivity index (χ0) is 25.2. The molecular formula is C17H29N5O10. The highest BCUT2D eigenvalue weighted by molar-refractivity contribution is 5.96. The predicted octanol–water partition coefficient (Wildman–Crippen LogP) is -4.65. The van der Waals surface area contributed by atoms with Gasteiger partial charge in [-0.05, 0) is 20.3 Å². The number of amides is 4. The van der Waals surface area contributed by atoms with Crippen LogP contribution in [0.5, 0.6) is 0 Å². The molecule has 15 heteroatoms. The maximum atomic E-state index is 12.5. The van der Waals surface area contributed by atoms with Gasteiger partial charge in [0.05, 0.1) is 18.6 Å². The lowest BCUT2D eigenvalue weighted by molar-refractivity contribution is -0.143. The third-order valence-corrected chi connectivity index (χ3v) is 4.18. The number of primary amides is 1. The van der Waals surface area contributed by atoms with E-state index in [2.05, 4.69) is 10.6 Å². The van der Waals surface area contributed by atoms with Crippen molar-refractivity contribution >= 4 is 35.6 Å². The topological polar surface area (TPSA) is 271 Å². The minimum atomic E-state index is -1.70. The zero-order valence-corrected chi connectivity index (χ0v) is 17.5. The van der Waals surface area contributed by atoms with Gasteiger partial charge in [0.2, 0.25) is 23.6 Å². The van der Waals surface area contributed by atoms with Crippen molar-refractivity contribution in [1.82, 2.24) is 16.0 Å². The Balaban J connectivity index is 5.47. The maximum absolute atomic E-state index is 12.5. The fourth-order valence-corrected chi connectivity index (χ4v) is 2.34. The molecule has 32 heavy (non-hydrogen) atoms. The molecule has 0 radical (unpaired) electrons. The van der Waals surface area contributed by atoms with Crippen molar-refractivity contribution in [3.8, 4) is 0 Å². The van der Waals surface area contributed by atoms with E-state index in [4.69, 9.17) is 21.7 Å². The van der Waals surface area contributed by atoms with Crippen LogP contribution >= 0.6 is 0 Å². The number of aliphatic carboxylic acids is 2. The highest BCUT2D eigenvalue weighted by Gasteiger charge is 2.33. The summed E-state index contributed by atoms with van der Waals surface area (Å²) in [5.74, 6) is -7.19. The fourth-order valence-electron chi connectivity index (χ4n) is 2.34. The van der Waals surface area contributed by atoms with Gasteiger partial charge in [0, 0.05) is 6.42 Å². The molecule has 0 spiro atoms. The predicted molar refractivity (Wildman–Crippen MR) is 105 cm³/mol. The van der Waals surface area contributed by atoms with Crippen LogP contribution in [0.2, 0.25) is 0 Å². The van der Waals surface area contributed by atoms with Gasteiger partial charge in [-0.25, -0.2) is 4.79 Å². The molecule has 6 atom stereocenters. The van der Waals surface area contributed by atoms with Gasteiger partial charge in [-0.15, -0.1) is 0 Å². The van der Waals surface area contributed by atoms with Crippen LogP contribution < -0.4 is 27.4 Å². The molecule has 0 saturated carbocycles. The number of aliphatic hydroxyl groups is 2. The molecule has 0 rings (SSSR count). The SMILES string of the molecule is CC(O)C(N)C(=O)NC(C(=O)NC(CC(N)=O)C(=O)NC(CCC(=O)O)C(=O)O)C(C)O. The van der Waals surface area contributed by atoms with Crippen molar-refractivity contribution in [2.24, 2.45) is 11.5 Å². The van der Waals surface area contributed by atoms with E-state index < -0.39 is 91.2 Å². The van der Waals surface area contributed by atoms with Crippen molar-refractivity contribution in [2.75, 3.05) is 0 Å². The molecule has 4 amide bonds. The monoisotopic (exact) mass is 463 g/mol. The number of rotatable bonds is 14. The Morgan fingerprint density at radius 2 is 1.34 bits per heavy atom. The first-order valence-corrected chi connectivity index (χ1v) is 9.43. The molecule has 0 aromatic heterocycles. The molecule has 0 bridgehead atoms. The molecule has 0 heterocycles. The summed E-state index contributed by atoms with van der Waals surface area (Å²) in [7, 11) is 0. The first-order chi connectivity index (χ1) is 14.7. The van der Waals surface area contributed by atoms with E-state index in [1.54, 1.807) is 0 Å². The van der Waals surface area contributed by atoms with Crippen LogP contribution in [-0.4, -0.2) is 92.4 Å². The van der Waals surface area contributed by atoms with Gasteiger partial charge in [0.15, 0.2) is 0 Å². The van der Waals surface area contributed by atoms with E-state index in [0.29, 0.717) is 0 Å². The van der Waals surface area contributed by atoms with Crippen LogP contribution in [0.4, 0.5) is 0 Å². The van der Waals surface area contributed by atoms with Crippen LogP contribution in [-0.2, 0) is 28.8 Å². The number of nitrogens with one attached hydrogen (secondary N) is 3. The Bertz CT molecular complexity index is 727. The largest absolute Gasteiger partial charge is 0.481 e. The molecule has 0 aliphatic rings. The molecule has 0 fully saturated rings. The minimum absolute atomic E-state index is 0.475. The zero-order valence-electron chi connectivity index (χ0n) is 17.5. The normalized spacial score (nSPS) is 16.4. The van der Waals surface area contributed by atoms with Crippen molar-refractivity contribution in [3.05, 3.63) is 0 Å². The molecule has 0 aromatic carbocycles. The van der Waals surface area contributed by atoms with E-state index in [9.17, 15) is 39.0 Å². The second-order valence-corrected chi connectivity index (χ2v) is 7.06. The molecule has 0 aliphatic heterocycles. The van der Waals surface area contributed by atoms with Gasteiger partial charge in [-0.1, -0.05) is 0 Å². The first kappa shape index (κ1) is 28.7. The Hall–Kier alpha value is -3.30. The lowest BCUT2D eigenvalue weighted by atomic mass is 10.1. The molecule has 6 unspecified atom stereocenters. The van der Waals surface area contributed by atoms with Crippen LogP contribution in [0.1, 0.15) is 33.1 Å². The summed E-state index contributed by atoms with van der Waals surface area (Å²) < 4.78 is 0. The Morgan fingerprint density at radius 1 is 0.812 bits per heavy atom. The summed E-state index contributed by atoms with van der Waals surface area (Å²) in [6.07, 6.45) is -4.60. The molecule has 182 valence electrons. The van der Waals surface area contributed by atoms with E-state index in [1.165, 1.54) is 6.92 Å². The van der Waals surface area contributed by atoms with Gasteiger partial charge in [0.25, 0.3) is 0 Å². The molecule has 0 aliphatic carbocycles. The second kappa shape index (κ2) is 13.2. The van der Waals surface area contributed by atoms with Gasteiger partial charge >= 0.3 is 11.9 Å². The number of carboxylic acid groups (broad SMARTS) is 2. The van der Waals surface area contributed by atoms with Gasteiger partial charge in [0.1, 0.15) is 24.2 Å². The number of aliphatic hydroxyl groups excluding tert-OH is 2. The van der Waals surface area contributed by atoms with E-state index in [1.807, 2.05) is 5.32 Å². The summed E-state index contributed by atoms with van der Waals surface area (Å²) >= 11 is 0. The quantitative estimate of drug-likeness (QED) is 0.118. The van der Waals surface area contributed by atoms with Crippen molar-refractivity contribution in [2.45, 2.75) is 69.5 Å². The maximum Gasteiger partial charge on any atom is 0.326 e. The molecule has 0 saturated heterocycles. The van der Waals surface area contributed by atoms with Crippen LogP contribution in [0.15, 0.2) is 0 Å². The molecule has 0 aromatic rings. The third kappa shape index (κ3) is 10.1. The van der Waals surface area contributed by atoms with E-state index in [-0.39, 0.29) is 0 Å². The summed E-state index contributed by atoms with van der Waals surface area (Å²) in [5.41, 5.74) is 10.5. The molecule has 15 nitrogen and oxygen atoms in total. The highest BCUT2D eigenvalue weighted by atomic mass is 16.4. The average Bonchev–Trinajstić information content (AvgIpc) is 2.66. The fraction of sp³-hybridized carbons (Fsp3) is 0.647. The minimum Gasteiger partial charge on any atom is -0.481 e. The lowest BCUT2D eigenvalue weighted by Gasteiger charge is -2.26. The third-order valence-electron chi connectivity index (χ3n) is 4.18. The Morgan fingerprint density at radius 3 is 1.75 bits per heavy atom. The summed E-state index contributed by atoms with van der Waals surface area (Å²) in [4.78, 5) is 70.2. The smallest absolute Gasteiger partial charge is 0.326 e. The summed E-state index contributed by atoms with van der Waals surface area (Å²) in [6.45, 7) is 2.35. The van der Waals surface area contributed by atoms with E-state index in [0.717, 1.165) is 6.92 Å². The van der Waals surface area contributed by atoms with Gasteiger partial charge in [-0.3, -0.25) is 24.0 Å². The number of carbonyl (C=O) groups excluding carboxylic acids is 4. The second-order valence-electron chi connectivity index (χ2n) is 7.06. The van der Waals surface area contributed by atoms with Crippen LogP contribution in [0.25, 0.3) is 0 Å². The van der Waals surface area contributed by atoms with Crippen molar-refractivity contribution in [3.63, 3.8) is 0 Å². The highest BCUT2D eigenvalue weighted by Crippen LogP contribution is 2.03. The van der Waals surface area contributed by atoms with Crippen LogP contribution in [0.3, 0.4) is 0 Å². The summed E-state index contributed by atoms with van der Waals surface area (Å²) in [5, 5.41) is 43.2. The molecule has 11 N–H and O–H groups in total. The van der Waals surface area contributed by atoms with Gasteiger partial charge in [-0.2, -0.15) is 0 Å². The van der Waals surface area contributed by atoms with E-state index >= 15 is 0 Å². The van der Waals surface area contributed by atoms with Gasteiger partial charge < -0.3 is 47.8 Å². The first-order valence-electron chi connectivity index (χ1n) is 9.43. The Kier molecular flexibility index (Phi) is 11.8. The number of hydrogen-bond acceptors (Lipinski definition) is 9. The number of hydrogen-bond donors (Lipinski definition) is 9. The number of nitrogens with two attached hydrogens (primary N) is 2. The standard InChI is InChI=1S/C17H29N5O10/c1-6(23)12(19)15(29)22-13(7(2)24)16(30)21-9(5-10(18)25)14(28)20-8(17(31)32)3-4-11(26)27/h6-9,12-13,23-24H,3-5,19H2,1-2H3,(H2,18,25)(H,20,28)(H,21,30)(H,22,29)(H,26,27)(H,31,32). The number of carbonyl (C=O) groups is 6. The Labute approximate surface area is 182 Å².